The number of nitrogens with zero attached hydrogens (tertiary/aromatic N) is 1. The number of likely N-dealkylation sites (N-methyl/N-ethyl adjacent to an activating group) is 1. The molecule has 2 aromatic rings. The van der Waals surface area contributed by atoms with Gasteiger partial charge in [-0.3, -0.25) is 9.59 Å². The van der Waals surface area contributed by atoms with Gasteiger partial charge in [-0.1, -0.05) is 18.2 Å². The van der Waals surface area contributed by atoms with Crippen molar-refractivity contribution in [3.05, 3.63) is 59.2 Å². The number of nitrogens with one attached hydrogen (secondary N) is 2. The third kappa shape index (κ3) is 5.65. The summed E-state index contributed by atoms with van der Waals surface area (Å²) >= 11 is 0. The molecular formula is C21H27N3O4S. The molecule has 2 aromatic carbocycles. The van der Waals surface area contributed by atoms with Crippen LogP contribution in [0.2, 0.25) is 0 Å². The van der Waals surface area contributed by atoms with Gasteiger partial charge in [0, 0.05) is 13.1 Å². The summed E-state index contributed by atoms with van der Waals surface area (Å²) in [6.07, 6.45) is 0. The molecular weight excluding hydrogens is 390 g/mol. The van der Waals surface area contributed by atoms with Crippen LogP contribution in [-0.4, -0.2) is 44.2 Å². The van der Waals surface area contributed by atoms with E-state index in [9.17, 15) is 18.0 Å². The first-order valence-corrected chi connectivity index (χ1v) is 10.7. The van der Waals surface area contributed by atoms with E-state index in [1.807, 2.05) is 27.7 Å². The van der Waals surface area contributed by atoms with Gasteiger partial charge < -0.3 is 10.6 Å². The smallest absolute Gasteiger partial charge is 0.253 e. The summed E-state index contributed by atoms with van der Waals surface area (Å²) in [4.78, 5) is 24.9. The lowest BCUT2D eigenvalue weighted by molar-refractivity contribution is -0.116. The largest absolute Gasteiger partial charge is 0.350 e. The van der Waals surface area contributed by atoms with Crippen molar-refractivity contribution in [2.24, 2.45) is 0 Å². The molecule has 0 aliphatic rings. The highest BCUT2D eigenvalue weighted by molar-refractivity contribution is 7.89. The third-order valence-corrected chi connectivity index (χ3v) is 6.22. The number of benzene rings is 2. The fourth-order valence-corrected chi connectivity index (χ4v) is 3.87. The molecule has 0 bridgehead atoms. The second-order valence-electron chi connectivity index (χ2n) is 7.23. The highest BCUT2D eigenvalue weighted by Gasteiger charge is 2.24. The molecule has 0 heterocycles. The van der Waals surface area contributed by atoms with E-state index < -0.39 is 15.9 Å². The monoisotopic (exact) mass is 417 g/mol. The van der Waals surface area contributed by atoms with Crippen molar-refractivity contribution in [1.82, 2.24) is 9.62 Å². The second-order valence-corrected chi connectivity index (χ2v) is 9.27. The minimum atomic E-state index is -3.81. The molecule has 0 unspecified atom stereocenters. The number of sulfonamides is 1. The summed E-state index contributed by atoms with van der Waals surface area (Å²) in [6, 6.07) is 11.4. The molecule has 7 nitrogen and oxygen atoms in total. The second kappa shape index (κ2) is 9.19. The van der Waals surface area contributed by atoms with Crippen molar-refractivity contribution in [3.8, 4) is 0 Å². The molecule has 2 N–H and O–H groups in total. The summed E-state index contributed by atoms with van der Waals surface area (Å²) < 4.78 is 26.5. The van der Waals surface area contributed by atoms with E-state index in [-0.39, 0.29) is 23.4 Å². The van der Waals surface area contributed by atoms with Crippen LogP contribution in [0, 0.1) is 13.8 Å². The molecule has 2 rings (SSSR count). The summed E-state index contributed by atoms with van der Waals surface area (Å²) in [5.74, 6) is -0.850. The molecule has 2 amide bonds. The highest BCUT2D eigenvalue weighted by Crippen LogP contribution is 2.19. The van der Waals surface area contributed by atoms with Gasteiger partial charge in [0.1, 0.15) is 0 Å². The summed E-state index contributed by atoms with van der Waals surface area (Å²) in [5, 5.41) is 5.41. The zero-order valence-electron chi connectivity index (χ0n) is 17.3. The Kier molecular flexibility index (Phi) is 7.16. The van der Waals surface area contributed by atoms with Crippen molar-refractivity contribution in [3.63, 3.8) is 0 Å². The van der Waals surface area contributed by atoms with Crippen molar-refractivity contribution < 1.29 is 18.0 Å². The Balaban J connectivity index is 2.15. The van der Waals surface area contributed by atoms with Crippen molar-refractivity contribution in [2.45, 2.75) is 38.6 Å². The van der Waals surface area contributed by atoms with Crippen LogP contribution < -0.4 is 10.6 Å². The molecule has 0 spiro atoms. The van der Waals surface area contributed by atoms with Crippen LogP contribution in [0.15, 0.2) is 47.4 Å². The minimum Gasteiger partial charge on any atom is -0.350 e. The highest BCUT2D eigenvalue weighted by atomic mass is 32.2. The number of rotatable bonds is 7. The first-order chi connectivity index (χ1) is 13.5. The number of carbonyl (C=O) groups is 2. The molecule has 0 aliphatic carbocycles. The summed E-state index contributed by atoms with van der Waals surface area (Å²) in [6.45, 7) is 7.03. The first-order valence-electron chi connectivity index (χ1n) is 9.25. The molecule has 0 saturated carbocycles. The third-order valence-electron chi connectivity index (χ3n) is 4.42. The van der Waals surface area contributed by atoms with Gasteiger partial charge in [0.05, 0.1) is 22.7 Å². The summed E-state index contributed by atoms with van der Waals surface area (Å²) in [5.41, 5.74) is 2.48. The Morgan fingerprint density at radius 1 is 1.03 bits per heavy atom. The lowest BCUT2D eigenvalue weighted by atomic mass is 10.1. The SMILES string of the molecule is Cc1ccc(S(=O)(=O)N(C)CC(=O)Nc2ccccc2C(=O)NC(C)C)cc1C. The van der Waals surface area contributed by atoms with Gasteiger partial charge in [-0.2, -0.15) is 4.31 Å². The number of aryl methyl sites for hydroxylation is 2. The molecule has 0 saturated heterocycles. The average molecular weight is 418 g/mol. The van der Waals surface area contributed by atoms with E-state index >= 15 is 0 Å². The van der Waals surface area contributed by atoms with Crippen LogP contribution in [0.25, 0.3) is 0 Å². The Labute approximate surface area is 172 Å². The van der Waals surface area contributed by atoms with Gasteiger partial charge >= 0.3 is 0 Å². The van der Waals surface area contributed by atoms with Gasteiger partial charge in [0.25, 0.3) is 5.91 Å². The van der Waals surface area contributed by atoms with Crippen LogP contribution >= 0.6 is 0 Å². The molecule has 0 aliphatic heterocycles. The molecule has 0 atom stereocenters. The van der Waals surface area contributed by atoms with Crippen molar-refractivity contribution in [2.75, 3.05) is 18.9 Å². The van der Waals surface area contributed by atoms with E-state index in [0.29, 0.717) is 11.3 Å². The molecule has 0 fully saturated rings. The Bertz CT molecular complexity index is 1020. The minimum absolute atomic E-state index is 0.0551. The zero-order valence-corrected chi connectivity index (χ0v) is 18.1. The lowest BCUT2D eigenvalue weighted by Gasteiger charge is -2.18. The Morgan fingerprint density at radius 2 is 1.69 bits per heavy atom. The topological polar surface area (TPSA) is 95.6 Å². The van der Waals surface area contributed by atoms with Gasteiger partial charge in [-0.15, -0.1) is 0 Å². The van der Waals surface area contributed by atoms with Gasteiger partial charge in [0.15, 0.2) is 0 Å². The number of para-hydroxylation sites is 1. The van der Waals surface area contributed by atoms with Crippen LogP contribution in [0.4, 0.5) is 5.69 Å². The van der Waals surface area contributed by atoms with E-state index in [2.05, 4.69) is 10.6 Å². The number of carbonyl (C=O) groups excluding carboxylic acids is 2. The predicted octanol–water partition coefficient (Wildman–Crippen LogP) is 2.70. The standard InChI is InChI=1S/C21H27N3O4S/c1-14(2)22-21(26)18-8-6-7-9-19(18)23-20(25)13-24(5)29(27,28)17-11-10-15(3)16(4)12-17/h6-12,14H,13H2,1-5H3,(H,22,26)(H,23,25). The Morgan fingerprint density at radius 3 is 2.31 bits per heavy atom. The van der Waals surface area contributed by atoms with Crippen LogP contribution in [0.3, 0.4) is 0 Å². The first kappa shape index (κ1) is 22.6. The number of hydrogen-bond donors (Lipinski definition) is 2. The van der Waals surface area contributed by atoms with Crippen molar-refractivity contribution in [1.29, 1.82) is 0 Å². The van der Waals surface area contributed by atoms with Gasteiger partial charge in [-0.25, -0.2) is 8.42 Å². The van der Waals surface area contributed by atoms with Gasteiger partial charge in [0.2, 0.25) is 15.9 Å². The molecule has 8 heteroatoms. The maximum atomic E-state index is 12.8. The fourth-order valence-electron chi connectivity index (χ4n) is 2.66. The molecule has 0 aromatic heterocycles. The molecule has 29 heavy (non-hydrogen) atoms. The summed E-state index contributed by atoms with van der Waals surface area (Å²) in [7, 11) is -2.47. The normalized spacial score (nSPS) is 11.6. The van der Waals surface area contributed by atoms with Crippen LogP contribution in [0.1, 0.15) is 35.3 Å². The lowest BCUT2D eigenvalue weighted by Crippen LogP contribution is -2.36. The quantitative estimate of drug-likeness (QED) is 0.724. The molecule has 0 radical (unpaired) electrons. The number of hydrogen-bond acceptors (Lipinski definition) is 4. The van der Waals surface area contributed by atoms with E-state index in [1.165, 1.54) is 13.1 Å². The van der Waals surface area contributed by atoms with Gasteiger partial charge in [-0.05, 0) is 63.1 Å². The Hall–Kier alpha value is -2.71. The van der Waals surface area contributed by atoms with E-state index in [1.54, 1.807) is 36.4 Å². The van der Waals surface area contributed by atoms with Crippen molar-refractivity contribution >= 4 is 27.5 Å². The van der Waals surface area contributed by atoms with Crippen LogP contribution in [0.5, 0.6) is 0 Å². The van der Waals surface area contributed by atoms with Crippen LogP contribution in [-0.2, 0) is 14.8 Å². The fraction of sp³-hybridized carbons (Fsp3) is 0.333. The average Bonchev–Trinajstić information content (AvgIpc) is 2.63. The maximum Gasteiger partial charge on any atom is 0.253 e. The van der Waals surface area contributed by atoms with E-state index in [4.69, 9.17) is 0 Å². The van der Waals surface area contributed by atoms with E-state index in [0.717, 1.165) is 15.4 Å². The zero-order chi connectivity index (χ0) is 21.8. The number of anilines is 1. The number of amides is 2. The predicted molar refractivity (Wildman–Crippen MR) is 113 cm³/mol. The maximum absolute atomic E-state index is 12.8. The molecule has 156 valence electrons.